The number of hydrogen-bond acceptors (Lipinski definition) is 3. The number of carbonyl (C=O) groups is 2. The van der Waals surface area contributed by atoms with Gasteiger partial charge < -0.3 is 14.8 Å². The van der Waals surface area contributed by atoms with Crippen LogP contribution in [0.2, 0.25) is 5.22 Å². The Kier molecular flexibility index (Phi) is 4.38. The highest BCUT2D eigenvalue weighted by atomic mass is 35.5. The van der Waals surface area contributed by atoms with E-state index in [-0.39, 0.29) is 17.3 Å². The first kappa shape index (κ1) is 14.9. The summed E-state index contributed by atoms with van der Waals surface area (Å²) in [7, 11) is 0. The minimum Gasteiger partial charge on any atom is -0.481 e. The molecule has 20 heavy (non-hydrogen) atoms. The van der Waals surface area contributed by atoms with Crippen LogP contribution in [0.25, 0.3) is 0 Å². The minimum absolute atomic E-state index is 0.0177. The van der Waals surface area contributed by atoms with E-state index in [4.69, 9.17) is 16.0 Å². The molecular formula is C14H18ClNO4. The second-order valence-corrected chi connectivity index (χ2v) is 5.90. The highest BCUT2D eigenvalue weighted by Crippen LogP contribution is 2.38. The van der Waals surface area contributed by atoms with Crippen LogP contribution in [-0.4, -0.2) is 23.5 Å². The normalized spacial score (nSPS) is 26.2. The molecule has 0 radical (unpaired) electrons. The molecule has 0 unspecified atom stereocenters. The molecule has 1 aliphatic carbocycles. The van der Waals surface area contributed by atoms with Crippen molar-refractivity contribution in [2.45, 2.75) is 32.6 Å². The van der Waals surface area contributed by atoms with Gasteiger partial charge in [0.05, 0.1) is 17.2 Å². The summed E-state index contributed by atoms with van der Waals surface area (Å²) >= 11 is 5.73. The third-order valence-electron chi connectivity index (χ3n) is 4.13. The van der Waals surface area contributed by atoms with Crippen molar-refractivity contribution in [3.8, 4) is 0 Å². The van der Waals surface area contributed by atoms with E-state index in [0.717, 1.165) is 12.8 Å². The van der Waals surface area contributed by atoms with E-state index in [1.54, 1.807) is 0 Å². The quantitative estimate of drug-likeness (QED) is 0.896. The Bertz CT molecular complexity index is 503. The number of amides is 1. The van der Waals surface area contributed by atoms with Crippen LogP contribution >= 0.6 is 11.6 Å². The van der Waals surface area contributed by atoms with E-state index in [0.29, 0.717) is 18.8 Å². The van der Waals surface area contributed by atoms with Crippen LogP contribution in [0.1, 0.15) is 43.0 Å². The summed E-state index contributed by atoms with van der Waals surface area (Å²) in [6.45, 7) is 2.24. The summed E-state index contributed by atoms with van der Waals surface area (Å²) < 4.78 is 4.85. The van der Waals surface area contributed by atoms with Crippen molar-refractivity contribution < 1.29 is 19.1 Å². The van der Waals surface area contributed by atoms with E-state index >= 15 is 0 Å². The number of halogens is 1. The van der Waals surface area contributed by atoms with E-state index in [9.17, 15) is 14.7 Å². The molecular weight excluding hydrogens is 282 g/mol. The number of hydrogen-bond donors (Lipinski definition) is 2. The smallest absolute Gasteiger partial charge is 0.311 e. The van der Waals surface area contributed by atoms with Crippen LogP contribution in [0.5, 0.6) is 0 Å². The first-order valence-corrected chi connectivity index (χ1v) is 7.07. The van der Waals surface area contributed by atoms with Gasteiger partial charge in [-0.05, 0) is 49.3 Å². The summed E-state index contributed by atoms with van der Waals surface area (Å²) in [6, 6.07) is 1.47. The predicted molar refractivity (Wildman–Crippen MR) is 73.8 cm³/mol. The van der Waals surface area contributed by atoms with Crippen LogP contribution in [0.3, 0.4) is 0 Å². The van der Waals surface area contributed by atoms with E-state index in [1.165, 1.54) is 12.3 Å². The van der Waals surface area contributed by atoms with Crippen molar-refractivity contribution in [2.24, 2.45) is 11.3 Å². The first-order chi connectivity index (χ1) is 9.44. The molecule has 6 heteroatoms. The maximum absolute atomic E-state index is 11.9. The van der Waals surface area contributed by atoms with E-state index in [1.807, 2.05) is 0 Å². The summed E-state index contributed by atoms with van der Waals surface area (Å²) in [5.74, 6) is -0.701. The van der Waals surface area contributed by atoms with Gasteiger partial charge in [-0.15, -0.1) is 0 Å². The number of rotatable bonds is 4. The Balaban J connectivity index is 2.02. The molecule has 1 amide bonds. The number of carboxylic acid groups (broad SMARTS) is 1. The predicted octanol–water partition coefficient (Wildman–Crippen LogP) is 2.94. The number of carbonyl (C=O) groups excluding carboxylic acids is 1. The fourth-order valence-corrected chi connectivity index (χ4v) is 2.78. The average Bonchev–Trinajstić information content (AvgIpc) is 2.84. The molecule has 2 rings (SSSR count). The van der Waals surface area contributed by atoms with Gasteiger partial charge >= 0.3 is 5.97 Å². The number of aliphatic carboxylic acids is 1. The van der Waals surface area contributed by atoms with Crippen molar-refractivity contribution in [3.05, 3.63) is 23.1 Å². The molecule has 1 fully saturated rings. The number of carboxylic acids is 1. The van der Waals surface area contributed by atoms with Gasteiger partial charge in [0.1, 0.15) is 0 Å². The van der Waals surface area contributed by atoms with Gasteiger partial charge in [0.15, 0.2) is 0 Å². The largest absolute Gasteiger partial charge is 0.481 e. The van der Waals surface area contributed by atoms with Crippen molar-refractivity contribution in [3.63, 3.8) is 0 Å². The first-order valence-electron chi connectivity index (χ1n) is 6.69. The summed E-state index contributed by atoms with van der Waals surface area (Å²) in [5, 5.41) is 12.2. The lowest BCUT2D eigenvalue weighted by atomic mass is 9.71. The van der Waals surface area contributed by atoms with Crippen LogP contribution in [0.4, 0.5) is 0 Å². The van der Waals surface area contributed by atoms with Crippen LogP contribution in [-0.2, 0) is 4.79 Å². The summed E-state index contributed by atoms with van der Waals surface area (Å²) in [4.78, 5) is 23.5. The molecule has 0 spiro atoms. The summed E-state index contributed by atoms with van der Waals surface area (Å²) in [6.07, 6.45) is 4.24. The zero-order chi connectivity index (χ0) is 14.8. The lowest BCUT2D eigenvalue weighted by molar-refractivity contribution is -0.151. The van der Waals surface area contributed by atoms with Gasteiger partial charge in [-0.3, -0.25) is 9.59 Å². The topological polar surface area (TPSA) is 79.5 Å². The second kappa shape index (κ2) is 5.87. The molecule has 0 aliphatic heterocycles. The maximum Gasteiger partial charge on any atom is 0.311 e. The van der Waals surface area contributed by atoms with Gasteiger partial charge in [-0.1, -0.05) is 6.92 Å². The third-order valence-corrected chi connectivity index (χ3v) is 4.43. The second-order valence-electron chi connectivity index (χ2n) is 5.56. The van der Waals surface area contributed by atoms with E-state index in [2.05, 4.69) is 12.2 Å². The molecule has 1 heterocycles. The number of nitrogens with one attached hydrogen (secondary N) is 1. The van der Waals surface area contributed by atoms with Gasteiger partial charge in [0.2, 0.25) is 5.22 Å². The van der Waals surface area contributed by atoms with Crippen LogP contribution in [0.15, 0.2) is 16.7 Å². The highest BCUT2D eigenvalue weighted by molar-refractivity contribution is 6.32. The molecule has 2 N–H and O–H groups in total. The monoisotopic (exact) mass is 299 g/mol. The van der Waals surface area contributed by atoms with Crippen molar-refractivity contribution >= 4 is 23.5 Å². The van der Waals surface area contributed by atoms with Gasteiger partial charge in [0.25, 0.3) is 5.91 Å². The number of furan rings is 1. The molecule has 1 aliphatic rings. The summed E-state index contributed by atoms with van der Waals surface area (Å²) in [5.41, 5.74) is -0.630. The van der Waals surface area contributed by atoms with Crippen LogP contribution in [0, 0.1) is 11.3 Å². The molecule has 1 aromatic rings. The molecule has 5 nitrogen and oxygen atoms in total. The molecule has 110 valence electrons. The lowest BCUT2D eigenvalue weighted by Crippen LogP contribution is -2.45. The molecule has 0 bridgehead atoms. The van der Waals surface area contributed by atoms with Crippen molar-refractivity contribution in [1.82, 2.24) is 5.32 Å². The maximum atomic E-state index is 11.9. The van der Waals surface area contributed by atoms with Crippen LogP contribution < -0.4 is 5.32 Å². The van der Waals surface area contributed by atoms with Crippen molar-refractivity contribution in [1.29, 1.82) is 0 Å². The van der Waals surface area contributed by atoms with E-state index < -0.39 is 17.3 Å². The standard InChI is InChI=1S/C14H18ClNO4/c1-9-2-5-14(6-3-9,13(18)19)8-16-12(17)10-4-7-20-11(10)15/h4,7,9H,2-3,5-6,8H2,1H3,(H,16,17)(H,18,19). The lowest BCUT2D eigenvalue weighted by Gasteiger charge is -2.35. The Morgan fingerprint density at radius 1 is 1.50 bits per heavy atom. The highest BCUT2D eigenvalue weighted by Gasteiger charge is 2.41. The van der Waals surface area contributed by atoms with Gasteiger partial charge in [-0.2, -0.15) is 0 Å². The third kappa shape index (κ3) is 2.98. The van der Waals surface area contributed by atoms with Gasteiger partial charge in [0, 0.05) is 6.54 Å². The van der Waals surface area contributed by atoms with Crippen molar-refractivity contribution in [2.75, 3.05) is 6.54 Å². The molecule has 0 saturated heterocycles. The Hall–Kier alpha value is -1.49. The Morgan fingerprint density at radius 2 is 2.15 bits per heavy atom. The minimum atomic E-state index is -0.863. The average molecular weight is 300 g/mol. The molecule has 0 atom stereocenters. The molecule has 1 aromatic heterocycles. The zero-order valence-corrected chi connectivity index (χ0v) is 12.1. The molecule has 0 aromatic carbocycles. The Labute approximate surface area is 122 Å². The fourth-order valence-electron chi connectivity index (χ4n) is 2.58. The van der Waals surface area contributed by atoms with Gasteiger partial charge in [-0.25, -0.2) is 0 Å². The zero-order valence-electron chi connectivity index (χ0n) is 11.3. The Morgan fingerprint density at radius 3 is 2.65 bits per heavy atom. The SMILES string of the molecule is CC1CCC(CNC(=O)c2ccoc2Cl)(C(=O)O)CC1. The molecule has 1 saturated carbocycles. The fraction of sp³-hybridized carbons (Fsp3) is 0.571.